The van der Waals surface area contributed by atoms with Crippen LogP contribution < -0.4 is 4.90 Å². The van der Waals surface area contributed by atoms with Crippen LogP contribution in [-0.2, 0) is 0 Å². The molecule has 1 aromatic carbocycles. The van der Waals surface area contributed by atoms with E-state index >= 15 is 0 Å². The second-order valence-corrected chi connectivity index (χ2v) is 3.71. The van der Waals surface area contributed by atoms with Gasteiger partial charge in [0.2, 0.25) is 0 Å². The number of amidine groups is 1. The molecule has 0 atom stereocenters. The maximum absolute atomic E-state index is 7.75. The first-order valence-corrected chi connectivity index (χ1v) is 4.94. The van der Waals surface area contributed by atoms with Gasteiger partial charge in [0.25, 0.3) is 0 Å². The van der Waals surface area contributed by atoms with Crippen molar-refractivity contribution in [3.8, 4) is 0 Å². The molecule has 2 nitrogen and oxygen atoms in total. The van der Waals surface area contributed by atoms with Crippen LogP contribution in [0.3, 0.4) is 0 Å². The SMILES string of the molecule is CCC(=N)N(C)c1cc(C)cc(C)c1. The Balaban J connectivity index is 3.00. The molecular weight excluding hydrogens is 172 g/mol. The maximum atomic E-state index is 7.75. The first-order valence-electron chi connectivity index (χ1n) is 4.94. The molecule has 0 saturated carbocycles. The summed E-state index contributed by atoms with van der Waals surface area (Å²) in [5, 5.41) is 7.75. The quantitative estimate of drug-likeness (QED) is 0.563. The second kappa shape index (κ2) is 4.27. The number of rotatable bonds is 2. The summed E-state index contributed by atoms with van der Waals surface area (Å²) in [6.07, 6.45) is 0.767. The van der Waals surface area contributed by atoms with E-state index in [1.165, 1.54) is 11.1 Å². The highest BCUT2D eigenvalue weighted by Crippen LogP contribution is 2.18. The van der Waals surface area contributed by atoms with Gasteiger partial charge in [-0.25, -0.2) is 0 Å². The number of hydrogen-bond acceptors (Lipinski definition) is 1. The molecule has 0 heterocycles. The van der Waals surface area contributed by atoms with Crippen LogP contribution in [0.25, 0.3) is 0 Å². The normalized spacial score (nSPS) is 10.0. The van der Waals surface area contributed by atoms with Crippen LogP contribution in [0.15, 0.2) is 18.2 Å². The van der Waals surface area contributed by atoms with Crippen LogP contribution in [0, 0.1) is 19.3 Å². The standard InChI is InChI=1S/C12H18N2/c1-5-12(13)14(4)11-7-9(2)6-10(3)8-11/h6-8,13H,5H2,1-4H3. The van der Waals surface area contributed by atoms with Gasteiger partial charge in [0.1, 0.15) is 0 Å². The van der Waals surface area contributed by atoms with E-state index in [0.29, 0.717) is 5.84 Å². The summed E-state index contributed by atoms with van der Waals surface area (Å²) in [6, 6.07) is 6.36. The molecule has 0 fully saturated rings. The summed E-state index contributed by atoms with van der Waals surface area (Å²) in [6.45, 7) is 6.17. The van der Waals surface area contributed by atoms with Gasteiger partial charge in [-0.2, -0.15) is 0 Å². The van der Waals surface area contributed by atoms with E-state index < -0.39 is 0 Å². The number of hydrogen-bond donors (Lipinski definition) is 1. The Kier molecular flexibility index (Phi) is 3.28. The smallest absolute Gasteiger partial charge is 0.0997 e. The van der Waals surface area contributed by atoms with Crippen molar-refractivity contribution in [1.29, 1.82) is 5.41 Å². The molecule has 2 heteroatoms. The average molecular weight is 190 g/mol. The van der Waals surface area contributed by atoms with E-state index in [9.17, 15) is 0 Å². The van der Waals surface area contributed by atoms with Gasteiger partial charge in [-0.3, -0.25) is 5.41 Å². The van der Waals surface area contributed by atoms with Crippen molar-refractivity contribution in [3.63, 3.8) is 0 Å². The third-order valence-corrected chi connectivity index (χ3v) is 2.33. The summed E-state index contributed by atoms with van der Waals surface area (Å²) in [5.41, 5.74) is 3.60. The highest BCUT2D eigenvalue weighted by atomic mass is 15.1. The van der Waals surface area contributed by atoms with Gasteiger partial charge < -0.3 is 4.90 Å². The molecule has 1 aromatic rings. The van der Waals surface area contributed by atoms with Crippen LogP contribution in [0.4, 0.5) is 5.69 Å². The van der Waals surface area contributed by atoms with Crippen molar-refractivity contribution < 1.29 is 0 Å². The molecule has 0 radical (unpaired) electrons. The van der Waals surface area contributed by atoms with Gasteiger partial charge in [-0.05, 0) is 37.1 Å². The lowest BCUT2D eigenvalue weighted by molar-refractivity contribution is 1.12. The van der Waals surface area contributed by atoms with E-state index in [-0.39, 0.29) is 0 Å². The Hall–Kier alpha value is -1.31. The third kappa shape index (κ3) is 2.34. The summed E-state index contributed by atoms with van der Waals surface area (Å²) < 4.78 is 0. The molecule has 0 aromatic heterocycles. The third-order valence-electron chi connectivity index (χ3n) is 2.33. The molecule has 1 N–H and O–H groups in total. The Labute approximate surface area is 86.1 Å². The number of benzene rings is 1. The molecule has 0 saturated heterocycles. The van der Waals surface area contributed by atoms with E-state index in [2.05, 4.69) is 32.0 Å². The molecular formula is C12H18N2. The van der Waals surface area contributed by atoms with Gasteiger partial charge in [-0.15, -0.1) is 0 Å². The van der Waals surface area contributed by atoms with Crippen LogP contribution in [0.5, 0.6) is 0 Å². The minimum absolute atomic E-state index is 0.648. The van der Waals surface area contributed by atoms with E-state index in [1.807, 2.05) is 18.9 Å². The molecule has 0 aliphatic heterocycles. The van der Waals surface area contributed by atoms with Gasteiger partial charge in [0.15, 0.2) is 0 Å². The number of nitrogens with one attached hydrogen (secondary N) is 1. The summed E-state index contributed by atoms with van der Waals surface area (Å²) in [4.78, 5) is 1.93. The van der Waals surface area contributed by atoms with Crippen molar-refractivity contribution in [2.45, 2.75) is 27.2 Å². The van der Waals surface area contributed by atoms with Gasteiger partial charge >= 0.3 is 0 Å². The fourth-order valence-electron chi connectivity index (χ4n) is 1.54. The van der Waals surface area contributed by atoms with Crippen molar-refractivity contribution >= 4 is 11.5 Å². The lowest BCUT2D eigenvalue weighted by atomic mass is 10.1. The number of nitrogens with zero attached hydrogens (tertiary/aromatic N) is 1. The zero-order valence-corrected chi connectivity index (χ0v) is 9.39. The lowest BCUT2D eigenvalue weighted by Gasteiger charge is -2.20. The molecule has 0 bridgehead atoms. The predicted octanol–water partition coefficient (Wildman–Crippen LogP) is 3.13. The zero-order valence-electron chi connectivity index (χ0n) is 9.39. The molecule has 14 heavy (non-hydrogen) atoms. The molecule has 0 aliphatic carbocycles. The van der Waals surface area contributed by atoms with Crippen molar-refractivity contribution in [2.75, 3.05) is 11.9 Å². The summed E-state index contributed by atoms with van der Waals surface area (Å²) in [5.74, 6) is 0.648. The first-order chi connectivity index (χ1) is 6.54. The minimum Gasteiger partial charge on any atom is -0.333 e. The van der Waals surface area contributed by atoms with Crippen LogP contribution in [0.2, 0.25) is 0 Å². The maximum Gasteiger partial charge on any atom is 0.0997 e. The van der Waals surface area contributed by atoms with Crippen molar-refractivity contribution in [3.05, 3.63) is 29.3 Å². The fourth-order valence-corrected chi connectivity index (χ4v) is 1.54. The Morgan fingerprint density at radius 1 is 1.21 bits per heavy atom. The molecule has 0 aliphatic rings. The summed E-state index contributed by atoms with van der Waals surface area (Å²) >= 11 is 0. The predicted molar refractivity (Wildman–Crippen MR) is 62.3 cm³/mol. The van der Waals surface area contributed by atoms with Gasteiger partial charge in [0, 0.05) is 19.2 Å². The Morgan fingerprint density at radius 3 is 2.14 bits per heavy atom. The number of anilines is 1. The zero-order chi connectivity index (χ0) is 10.7. The molecule has 0 spiro atoms. The van der Waals surface area contributed by atoms with Crippen molar-refractivity contribution in [2.24, 2.45) is 0 Å². The summed E-state index contributed by atoms with van der Waals surface area (Å²) in [7, 11) is 1.94. The average Bonchev–Trinajstić information content (AvgIpc) is 2.14. The Morgan fingerprint density at radius 2 is 1.71 bits per heavy atom. The van der Waals surface area contributed by atoms with Gasteiger partial charge in [0.05, 0.1) is 5.84 Å². The minimum atomic E-state index is 0.648. The van der Waals surface area contributed by atoms with Crippen molar-refractivity contribution in [1.82, 2.24) is 0 Å². The highest BCUT2D eigenvalue weighted by molar-refractivity contribution is 5.94. The molecule has 1 rings (SSSR count). The first kappa shape index (κ1) is 10.8. The van der Waals surface area contributed by atoms with Crippen LogP contribution >= 0.6 is 0 Å². The monoisotopic (exact) mass is 190 g/mol. The topological polar surface area (TPSA) is 27.1 Å². The molecule has 76 valence electrons. The molecule has 0 unspecified atom stereocenters. The largest absolute Gasteiger partial charge is 0.333 e. The molecule has 0 amide bonds. The number of aryl methyl sites for hydroxylation is 2. The fraction of sp³-hybridized carbons (Fsp3) is 0.417. The second-order valence-electron chi connectivity index (χ2n) is 3.71. The van der Waals surface area contributed by atoms with Gasteiger partial charge in [-0.1, -0.05) is 13.0 Å². The van der Waals surface area contributed by atoms with Crippen LogP contribution in [-0.4, -0.2) is 12.9 Å². The Bertz CT molecular complexity index is 322. The van der Waals surface area contributed by atoms with E-state index in [4.69, 9.17) is 5.41 Å². The van der Waals surface area contributed by atoms with E-state index in [0.717, 1.165) is 12.1 Å². The van der Waals surface area contributed by atoms with E-state index in [1.54, 1.807) is 0 Å². The highest BCUT2D eigenvalue weighted by Gasteiger charge is 2.05. The van der Waals surface area contributed by atoms with Crippen LogP contribution in [0.1, 0.15) is 24.5 Å². The lowest BCUT2D eigenvalue weighted by Crippen LogP contribution is -2.24.